The van der Waals surface area contributed by atoms with Crippen LogP contribution in [0.15, 0.2) is 34.7 Å². The zero-order chi connectivity index (χ0) is 11.5. The minimum absolute atomic E-state index is 0.208. The van der Waals surface area contributed by atoms with Crippen molar-refractivity contribution in [3.63, 3.8) is 0 Å². The Labute approximate surface area is 92.4 Å². The Morgan fingerprint density at radius 1 is 1.50 bits per heavy atom. The first-order chi connectivity index (χ1) is 7.72. The molecule has 0 bridgehead atoms. The van der Waals surface area contributed by atoms with Crippen LogP contribution >= 0.6 is 0 Å². The molecule has 4 nitrogen and oxygen atoms in total. The molecule has 0 saturated carbocycles. The molecule has 1 unspecified atom stereocenters. The van der Waals surface area contributed by atoms with Crippen LogP contribution in [0, 0.1) is 0 Å². The zero-order valence-corrected chi connectivity index (χ0v) is 8.84. The normalized spacial score (nSPS) is 12.6. The van der Waals surface area contributed by atoms with Gasteiger partial charge in [-0.2, -0.15) is 0 Å². The predicted molar refractivity (Wildman–Crippen MR) is 57.8 cm³/mol. The molecule has 0 fully saturated rings. The maximum Gasteiger partial charge on any atom is 0.342 e. The lowest BCUT2D eigenvalue weighted by molar-refractivity contribution is -0.154. The van der Waals surface area contributed by atoms with Gasteiger partial charge in [-0.05, 0) is 19.1 Å². The molecule has 1 aromatic heterocycles. The first-order valence-corrected chi connectivity index (χ1v) is 5.05. The smallest absolute Gasteiger partial charge is 0.342 e. The van der Waals surface area contributed by atoms with Crippen molar-refractivity contribution in [1.82, 2.24) is 0 Å². The summed E-state index contributed by atoms with van der Waals surface area (Å²) in [7, 11) is 0. The second kappa shape index (κ2) is 4.37. The number of carbonyl (C=O) groups is 1. The Hall–Kier alpha value is -1.81. The number of esters is 1. The molecule has 0 aliphatic rings. The van der Waals surface area contributed by atoms with Gasteiger partial charge in [-0.25, -0.2) is 4.79 Å². The minimum atomic E-state index is -1.35. The van der Waals surface area contributed by atoms with Gasteiger partial charge < -0.3 is 14.3 Å². The monoisotopic (exact) mass is 220 g/mol. The summed E-state index contributed by atoms with van der Waals surface area (Å²) in [6.07, 6.45) is -1.35. The van der Waals surface area contributed by atoms with Crippen LogP contribution in [0.3, 0.4) is 0 Å². The molecule has 0 saturated heterocycles. The Morgan fingerprint density at radius 3 is 2.94 bits per heavy atom. The summed E-state index contributed by atoms with van der Waals surface area (Å²) in [6, 6.07) is 8.94. The summed E-state index contributed by atoms with van der Waals surface area (Å²) in [6.45, 7) is 1.92. The molecule has 0 amide bonds. The number of aliphatic hydroxyl groups excluding tert-OH is 1. The average Bonchev–Trinajstić information content (AvgIpc) is 2.71. The van der Waals surface area contributed by atoms with E-state index in [9.17, 15) is 9.90 Å². The van der Waals surface area contributed by atoms with Crippen molar-refractivity contribution < 1.29 is 19.1 Å². The largest absolute Gasteiger partial charge is 0.464 e. The SMILES string of the molecule is CCOC(=O)C(O)c1cc2ccccc2o1. The lowest BCUT2D eigenvalue weighted by atomic mass is 10.2. The van der Waals surface area contributed by atoms with Crippen molar-refractivity contribution in [2.24, 2.45) is 0 Å². The van der Waals surface area contributed by atoms with E-state index < -0.39 is 12.1 Å². The van der Waals surface area contributed by atoms with E-state index in [0.717, 1.165) is 5.39 Å². The number of para-hydroxylation sites is 1. The van der Waals surface area contributed by atoms with Crippen molar-refractivity contribution in [2.75, 3.05) is 6.61 Å². The van der Waals surface area contributed by atoms with Crippen LogP contribution < -0.4 is 0 Å². The maximum atomic E-state index is 11.3. The number of benzene rings is 1. The van der Waals surface area contributed by atoms with Gasteiger partial charge in [-0.1, -0.05) is 18.2 Å². The van der Waals surface area contributed by atoms with Crippen LogP contribution in [0.4, 0.5) is 0 Å². The molecule has 16 heavy (non-hydrogen) atoms. The highest BCUT2D eigenvalue weighted by Gasteiger charge is 2.22. The van der Waals surface area contributed by atoms with Crippen molar-refractivity contribution >= 4 is 16.9 Å². The summed E-state index contributed by atoms with van der Waals surface area (Å²) in [5, 5.41) is 10.5. The first kappa shape index (κ1) is 10.7. The summed E-state index contributed by atoms with van der Waals surface area (Å²) < 4.78 is 10.1. The van der Waals surface area contributed by atoms with E-state index in [4.69, 9.17) is 9.15 Å². The number of carbonyl (C=O) groups excluding carboxylic acids is 1. The van der Waals surface area contributed by atoms with Crippen LogP contribution in [0.2, 0.25) is 0 Å². The Bertz CT molecular complexity index is 467. The second-order valence-corrected chi connectivity index (χ2v) is 3.34. The fraction of sp³-hybridized carbons (Fsp3) is 0.250. The van der Waals surface area contributed by atoms with E-state index in [1.807, 2.05) is 18.2 Å². The fourth-order valence-corrected chi connectivity index (χ4v) is 1.47. The molecule has 1 atom stereocenters. The average molecular weight is 220 g/mol. The summed E-state index contributed by atoms with van der Waals surface area (Å²) in [4.78, 5) is 11.3. The quantitative estimate of drug-likeness (QED) is 0.804. The number of hydrogen-bond donors (Lipinski definition) is 1. The highest BCUT2D eigenvalue weighted by atomic mass is 16.5. The number of rotatable bonds is 3. The molecule has 84 valence electrons. The Kier molecular flexibility index (Phi) is 2.92. The maximum absolute atomic E-state index is 11.3. The van der Waals surface area contributed by atoms with Gasteiger partial charge in [0.05, 0.1) is 6.61 Å². The minimum Gasteiger partial charge on any atom is -0.464 e. The van der Waals surface area contributed by atoms with Crippen LogP contribution in [0.1, 0.15) is 18.8 Å². The van der Waals surface area contributed by atoms with Gasteiger partial charge in [-0.15, -0.1) is 0 Å². The van der Waals surface area contributed by atoms with Gasteiger partial charge in [-0.3, -0.25) is 0 Å². The Balaban J connectivity index is 2.29. The summed E-state index contributed by atoms with van der Waals surface area (Å²) in [5.74, 6) is -0.485. The molecule has 4 heteroatoms. The lowest BCUT2D eigenvalue weighted by Gasteiger charge is -2.05. The van der Waals surface area contributed by atoms with Gasteiger partial charge in [0.2, 0.25) is 6.10 Å². The van der Waals surface area contributed by atoms with E-state index in [2.05, 4.69) is 0 Å². The number of ether oxygens (including phenoxy) is 1. The predicted octanol–water partition coefficient (Wildman–Crippen LogP) is 2.03. The van der Waals surface area contributed by atoms with Crippen molar-refractivity contribution in [3.05, 3.63) is 36.1 Å². The molecular formula is C12H12O4. The number of fused-ring (bicyclic) bond motifs is 1. The second-order valence-electron chi connectivity index (χ2n) is 3.34. The van der Waals surface area contributed by atoms with Crippen LogP contribution in [-0.2, 0) is 9.53 Å². The van der Waals surface area contributed by atoms with Gasteiger partial charge in [0.25, 0.3) is 0 Å². The van der Waals surface area contributed by atoms with E-state index in [1.54, 1.807) is 19.1 Å². The standard InChI is InChI=1S/C12H12O4/c1-2-15-12(14)11(13)10-7-8-5-3-4-6-9(8)16-10/h3-7,11,13H,2H2,1H3. The highest BCUT2D eigenvalue weighted by Crippen LogP contribution is 2.24. The van der Waals surface area contributed by atoms with Gasteiger partial charge in [0, 0.05) is 5.39 Å². The number of furan rings is 1. The zero-order valence-electron chi connectivity index (χ0n) is 8.84. The summed E-state index contributed by atoms with van der Waals surface area (Å²) in [5.41, 5.74) is 0.640. The van der Waals surface area contributed by atoms with Gasteiger partial charge >= 0.3 is 5.97 Å². The topological polar surface area (TPSA) is 59.7 Å². The molecule has 1 aromatic carbocycles. The molecule has 0 radical (unpaired) electrons. The molecule has 0 spiro atoms. The molecule has 1 heterocycles. The van der Waals surface area contributed by atoms with E-state index in [1.165, 1.54) is 0 Å². The molecule has 2 aromatic rings. The third-order valence-corrected chi connectivity index (χ3v) is 2.22. The van der Waals surface area contributed by atoms with E-state index in [0.29, 0.717) is 5.58 Å². The van der Waals surface area contributed by atoms with Crippen LogP contribution in [0.5, 0.6) is 0 Å². The number of hydrogen-bond acceptors (Lipinski definition) is 4. The third kappa shape index (κ3) is 1.92. The van der Waals surface area contributed by atoms with Crippen molar-refractivity contribution in [1.29, 1.82) is 0 Å². The molecule has 0 aliphatic heterocycles. The van der Waals surface area contributed by atoms with Crippen molar-refractivity contribution in [2.45, 2.75) is 13.0 Å². The Morgan fingerprint density at radius 2 is 2.25 bits per heavy atom. The molecular weight excluding hydrogens is 208 g/mol. The first-order valence-electron chi connectivity index (χ1n) is 5.05. The lowest BCUT2D eigenvalue weighted by Crippen LogP contribution is -2.14. The highest BCUT2D eigenvalue weighted by molar-refractivity contribution is 5.81. The van der Waals surface area contributed by atoms with E-state index in [-0.39, 0.29) is 12.4 Å². The van der Waals surface area contributed by atoms with Gasteiger partial charge in [0.15, 0.2) is 0 Å². The van der Waals surface area contributed by atoms with Crippen LogP contribution in [-0.4, -0.2) is 17.7 Å². The summed E-state index contributed by atoms with van der Waals surface area (Å²) >= 11 is 0. The fourth-order valence-electron chi connectivity index (χ4n) is 1.47. The van der Waals surface area contributed by atoms with Crippen LogP contribution in [0.25, 0.3) is 11.0 Å². The van der Waals surface area contributed by atoms with E-state index >= 15 is 0 Å². The molecule has 0 aliphatic carbocycles. The number of aliphatic hydroxyl groups is 1. The van der Waals surface area contributed by atoms with Gasteiger partial charge in [0.1, 0.15) is 11.3 Å². The molecule has 2 rings (SSSR count). The molecule has 1 N–H and O–H groups in total. The van der Waals surface area contributed by atoms with Crippen molar-refractivity contribution in [3.8, 4) is 0 Å². The third-order valence-electron chi connectivity index (χ3n) is 2.22.